The van der Waals surface area contributed by atoms with Gasteiger partial charge in [-0.1, -0.05) is 5.21 Å². The maximum absolute atomic E-state index is 9.06. The molecule has 0 bridgehead atoms. The number of aliphatic hydroxyl groups excluding tert-OH is 1. The largest absolute Gasteiger partial charge is 0.390 e. The maximum atomic E-state index is 9.06. The average Bonchev–Trinajstić information content (AvgIpc) is 3.02. The van der Waals surface area contributed by atoms with Crippen LogP contribution in [0.3, 0.4) is 0 Å². The van der Waals surface area contributed by atoms with Gasteiger partial charge in [-0.15, -0.1) is 5.10 Å². The van der Waals surface area contributed by atoms with Gasteiger partial charge in [-0.25, -0.2) is 0 Å². The number of piperidine rings is 1. The number of hydrogen-bond acceptors (Lipinski definition) is 6. The first-order valence-electron chi connectivity index (χ1n) is 8.58. The van der Waals surface area contributed by atoms with Gasteiger partial charge in [0.15, 0.2) is 0 Å². The zero-order valence-electron chi connectivity index (χ0n) is 14.7. The fourth-order valence-electron chi connectivity index (χ4n) is 3.21. The van der Waals surface area contributed by atoms with Crippen molar-refractivity contribution < 1.29 is 5.11 Å². The Morgan fingerprint density at radius 3 is 2.46 bits per heavy atom. The van der Waals surface area contributed by atoms with Crippen LogP contribution in [0, 0.1) is 26.7 Å². The number of hydrogen-bond donors (Lipinski definition) is 1. The molecule has 0 saturated carbocycles. The lowest BCUT2D eigenvalue weighted by atomic mass is 9.96. The molecule has 1 saturated heterocycles. The SMILES string of the molecule is Cc1nc(C)c(CN2CCC(Cn3cc(CO)nn3)CC2)nc1C. The van der Waals surface area contributed by atoms with Gasteiger partial charge in [0.25, 0.3) is 0 Å². The van der Waals surface area contributed by atoms with Gasteiger partial charge < -0.3 is 5.11 Å². The van der Waals surface area contributed by atoms with Crippen LogP contribution in [0.1, 0.15) is 41.3 Å². The first-order valence-corrected chi connectivity index (χ1v) is 8.58. The van der Waals surface area contributed by atoms with Crippen LogP contribution in [-0.4, -0.2) is 48.1 Å². The van der Waals surface area contributed by atoms with Crippen molar-refractivity contribution in [3.05, 3.63) is 34.7 Å². The molecule has 3 rings (SSSR count). The minimum absolute atomic E-state index is 0.0468. The van der Waals surface area contributed by atoms with Crippen LogP contribution in [-0.2, 0) is 19.7 Å². The van der Waals surface area contributed by atoms with E-state index in [2.05, 4.69) is 20.2 Å². The second kappa shape index (κ2) is 7.36. The highest BCUT2D eigenvalue weighted by molar-refractivity contribution is 5.17. The summed E-state index contributed by atoms with van der Waals surface area (Å²) in [5, 5.41) is 17.1. The molecule has 1 aliphatic heterocycles. The number of rotatable bonds is 5. The fourth-order valence-corrected chi connectivity index (χ4v) is 3.21. The average molecular weight is 330 g/mol. The molecule has 3 heterocycles. The molecule has 7 nitrogen and oxygen atoms in total. The lowest BCUT2D eigenvalue weighted by Gasteiger charge is -2.31. The fraction of sp³-hybridized carbons (Fsp3) is 0.647. The van der Waals surface area contributed by atoms with Crippen LogP contribution < -0.4 is 0 Å². The third kappa shape index (κ3) is 3.96. The van der Waals surface area contributed by atoms with Gasteiger partial charge in [-0.05, 0) is 52.6 Å². The van der Waals surface area contributed by atoms with Crippen molar-refractivity contribution in [3.8, 4) is 0 Å². The van der Waals surface area contributed by atoms with Crippen molar-refractivity contribution in [2.24, 2.45) is 5.92 Å². The van der Waals surface area contributed by atoms with E-state index < -0.39 is 0 Å². The molecule has 0 spiro atoms. The van der Waals surface area contributed by atoms with E-state index in [-0.39, 0.29) is 6.61 Å². The predicted octanol–water partition coefficient (Wildman–Crippen LogP) is 1.40. The van der Waals surface area contributed by atoms with Crippen molar-refractivity contribution >= 4 is 0 Å². The first kappa shape index (κ1) is 17.0. The highest BCUT2D eigenvalue weighted by Gasteiger charge is 2.21. The Morgan fingerprint density at radius 2 is 1.79 bits per heavy atom. The van der Waals surface area contributed by atoms with Crippen LogP contribution in [0.25, 0.3) is 0 Å². The Labute approximate surface area is 142 Å². The Kier molecular flexibility index (Phi) is 5.20. The van der Waals surface area contributed by atoms with Gasteiger partial charge in [-0.2, -0.15) is 0 Å². The molecule has 130 valence electrons. The van der Waals surface area contributed by atoms with Crippen LogP contribution in [0.4, 0.5) is 0 Å². The van der Waals surface area contributed by atoms with Gasteiger partial charge in [0, 0.05) is 13.1 Å². The van der Waals surface area contributed by atoms with E-state index >= 15 is 0 Å². The molecule has 24 heavy (non-hydrogen) atoms. The summed E-state index contributed by atoms with van der Waals surface area (Å²) < 4.78 is 1.85. The zero-order valence-corrected chi connectivity index (χ0v) is 14.7. The van der Waals surface area contributed by atoms with E-state index in [1.165, 1.54) is 0 Å². The van der Waals surface area contributed by atoms with E-state index in [1.54, 1.807) is 0 Å². The van der Waals surface area contributed by atoms with Crippen LogP contribution >= 0.6 is 0 Å². The predicted molar refractivity (Wildman–Crippen MR) is 90.2 cm³/mol. The summed E-state index contributed by atoms with van der Waals surface area (Å²) in [6.45, 7) is 9.93. The summed E-state index contributed by atoms with van der Waals surface area (Å²) in [7, 11) is 0. The van der Waals surface area contributed by atoms with E-state index in [0.29, 0.717) is 11.6 Å². The van der Waals surface area contributed by atoms with E-state index in [4.69, 9.17) is 10.1 Å². The van der Waals surface area contributed by atoms with Gasteiger partial charge in [0.1, 0.15) is 5.69 Å². The number of aryl methyl sites for hydroxylation is 3. The van der Waals surface area contributed by atoms with E-state index in [1.807, 2.05) is 31.6 Å². The second-order valence-corrected chi connectivity index (χ2v) is 6.74. The monoisotopic (exact) mass is 330 g/mol. The molecule has 2 aromatic heterocycles. The van der Waals surface area contributed by atoms with Crippen molar-refractivity contribution in [2.45, 2.75) is 53.3 Å². The molecule has 0 atom stereocenters. The third-order valence-electron chi connectivity index (χ3n) is 4.85. The molecule has 0 aliphatic carbocycles. The lowest BCUT2D eigenvalue weighted by Crippen LogP contribution is -2.35. The number of aliphatic hydroxyl groups is 1. The maximum Gasteiger partial charge on any atom is 0.108 e. The van der Waals surface area contributed by atoms with Gasteiger partial charge in [0.05, 0.1) is 35.6 Å². The Morgan fingerprint density at radius 1 is 1.08 bits per heavy atom. The minimum atomic E-state index is -0.0468. The summed E-state index contributed by atoms with van der Waals surface area (Å²) in [6.07, 6.45) is 4.12. The Bertz CT molecular complexity index is 690. The second-order valence-electron chi connectivity index (χ2n) is 6.74. The number of nitrogens with zero attached hydrogens (tertiary/aromatic N) is 6. The van der Waals surface area contributed by atoms with Gasteiger partial charge in [0.2, 0.25) is 0 Å². The molecule has 2 aromatic rings. The zero-order chi connectivity index (χ0) is 17.1. The number of likely N-dealkylation sites (tertiary alicyclic amines) is 1. The summed E-state index contributed by atoms with van der Waals surface area (Å²) in [6, 6.07) is 0. The third-order valence-corrected chi connectivity index (χ3v) is 4.85. The summed E-state index contributed by atoms with van der Waals surface area (Å²) >= 11 is 0. The van der Waals surface area contributed by atoms with E-state index in [0.717, 1.165) is 61.8 Å². The van der Waals surface area contributed by atoms with Crippen molar-refractivity contribution in [1.82, 2.24) is 29.9 Å². The molecule has 0 aromatic carbocycles. The topological polar surface area (TPSA) is 80.0 Å². The Hall–Kier alpha value is -1.86. The minimum Gasteiger partial charge on any atom is -0.390 e. The summed E-state index contributed by atoms with van der Waals surface area (Å²) in [4.78, 5) is 11.8. The summed E-state index contributed by atoms with van der Waals surface area (Å²) in [5.41, 5.74) is 4.82. The molecule has 7 heteroatoms. The van der Waals surface area contributed by atoms with Crippen LogP contribution in [0.2, 0.25) is 0 Å². The molecular weight excluding hydrogens is 304 g/mol. The molecular formula is C17H26N6O. The van der Waals surface area contributed by atoms with Crippen molar-refractivity contribution in [2.75, 3.05) is 13.1 Å². The smallest absolute Gasteiger partial charge is 0.108 e. The van der Waals surface area contributed by atoms with Gasteiger partial charge in [-0.3, -0.25) is 19.5 Å². The first-order chi connectivity index (χ1) is 11.5. The normalized spacial score (nSPS) is 16.7. The quantitative estimate of drug-likeness (QED) is 0.892. The standard InChI is InChI=1S/C17H26N6O/c1-12-13(2)19-17(14(3)18-12)10-22-6-4-15(5-7-22)8-23-9-16(11-24)20-21-23/h9,15,24H,4-8,10-11H2,1-3H3. The molecule has 1 fully saturated rings. The molecule has 1 N–H and O–H groups in total. The molecule has 0 radical (unpaired) electrons. The highest BCUT2D eigenvalue weighted by Crippen LogP contribution is 2.21. The van der Waals surface area contributed by atoms with Crippen molar-refractivity contribution in [1.29, 1.82) is 0 Å². The van der Waals surface area contributed by atoms with Crippen molar-refractivity contribution in [3.63, 3.8) is 0 Å². The number of aromatic nitrogens is 5. The molecule has 1 aliphatic rings. The Balaban J connectivity index is 1.52. The van der Waals surface area contributed by atoms with Gasteiger partial charge >= 0.3 is 0 Å². The van der Waals surface area contributed by atoms with Crippen LogP contribution in [0.15, 0.2) is 6.20 Å². The molecule has 0 amide bonds. The van der Waals surface area contributed by atoms with E-state index in [9.17, 15) is 0 Å². The summed E-state index contributed by atoms with van der Waals surface area (Å²) in [5.74, 6) is 0.612. The molecule has 0 unspecified atom stereocenters. The van der Waals surface area contributed by atoms with Crippen LogP contribution in [0.5, 0.6) is 0 Å². The lowest BCUT2D eigenvalue weighted by molar-refractivity contribution is 0.162. The highest BCUT2D eigenvalue weighted by atomic mass is 16.3.